The van der Waals surface area contributed by atoms with Crippen LogP contribution in [-0.4, -0.2) is 41.9 Å². The van der Waals surface area contributed by atoms with Crippen molar-refractivity contribution in [2.75, 3.05) is 13.4 Å². The summed E-state index contributed by atoms with van der Waals surface area (Å²) in [5.41, 5.74) is 6.75. The molecule has 1 aliphatic rings. The molecule has 1 aliphatic heterocycles. The minimum Gasteiger partial charge on any atom is -0.454 e. The highest BCUT2D eigenvalue weighted by molar-refractivity contribution is 5.44. The molecule has 0 saturated heterocycles. The van der Waals surface area contributed by atoms with Gasteiger partial charge >= 0.3 is 0 Å². The van der Waals surface area contributed by atoms with Gasteiger partial charge in [0, 0.05) is 12.1 Å². The monoisotopic (exact) mass is 341 g/mol. The molecule has 2 unspecified atom stereocenters. The standard InChI is InChI=1S/C15H23N3O6/c1-10(6-11-2-4-13-14(7-11)23-9-22-13)17-15(19)5-3-12(16)8-24-18(20)21/h2,4,7,10,12,15,17,19H,3,5-6,8-9,16H2,1H3/t10-,12?,15?/m1/s1. The summed E-state index contributed by atoms with van der Waals surface area (Å²) in [7, 11) is 0. The summed E-state index contributed by atoms with van der Waals surface area (Å²) in [6.45, 7) is 2.03. The van der Waals surface area contributed by atoms with Gasteiger partial charge in [-0.2, -0.15) is 0 Å². The number of fused-ring (bicyclic) bond motifs is 1. The molecular weight excluding hydrogens is 318 g/mol. The van der Waals surface area contributed by atoms with Crippen LogP contribution in [0.15, 0.2) is 18.2 Å². The van der Waals surface area contributed by atoms with Gasteiger partial charge in [0.05, 0.1) is 0 Å². The molecule has 134 valence electrons. The first-order chi connectivity index (χ1) is 11.4. The zero-order valence-electron chi connectivity index (χ0n) is 13.5. The van der Waals surface area contributed by atoms with Crippen LogP contribution in [0.5, 0.6) is 11.5 Å². The number of benzene rings is 1. The fourth-order valence-electron chi connectivity index (χ4n) is 2.50. The number of nitrogens with zero attached hydrogens (tertiary/aromatic N) is 1. The molecule has 24 heavy (non-hydrogen) atoms. The summed E-state index contributed by atoms with van der Waals surface area (Å²) in [6.07, 6.45) is 0.770. The number of nitrogens with two attached hydrogens (primary N) is 1. The highest BCUT2D eigenvalue weighted by Crippen LogP contribution is 2.32. The van der Waals surface area contributed by atoms with E-state index in [0.717, 1.165) is 17.1 Å². The molecule has 9 heteroatoms. The Kier molecular flexibility index (Phi) is 6.59. The lowest BCUT2D eigenvalue weighted by Gasteiger charge is -2.20. The number of hydrogen-bond acceptors (Lipinski definition) is 8. The number of aliphatic hydroxyl groups is 1. The molecule has 1 aromatic carbocycles. The predicted octanol–water partition coefficient (Wildman–Crippen LogP) is 0.570. The van der Waals surface area contributed by atoms with Gasteiger partial charge in [-0.25, -0.2) is 0 Å². The van der Waals surface area contributed by atoms with Crippen LogP contribution in [0.4, 0.5) is 0 Å². The second kappa shape index (κ2) is 8.67. The van der Waals surface area contributed by atoms with E-state index in [-0.39, 0.29) is 19.4 Å². The molecule has 0 aliphatic carbocycles. The summed E-state index contributed by atoms with van der Waals surface area (Å²) >= 11 is 0. The molecule has 4 N–H and O–H groups in total. The number of rotatable bonds is 10. The lowest BCUT2D eigenvalue weighted by atomic mass is 10.1. The first-order valence-electron chi connectivity index (χ1n) is 7.79. The molecule has 3 atom stereocenters. The van der Waals surface area contributed by atoms with Gasteiger partial charge in [0.15, 0.2) is 11.5 Å². The molecule has 0 amide bonds. The zero-order chi connectivity index (χ0) is 17.5. The second-order valence-electron chi connectivity index (χ2n) is 5.83. The molecule has 0 radical (unpaired) electrons. The average molecular weight is 341 g/mol. The largest absolute Gasteiger partial charge is 0.454 e. The van der Waals surface area contributed by atoms with Gasteiger partial charge < -0.3 is 25.2 Å². The van der Waals surface area contributed by atoms with Crippen LogP contribution >= 0.6 is 0 Å². The Balaban J connectivity index is 1.69. The highest BCUT2D eigenvalue weighted by Gasteiger charge is 2.16. The number of aliphatic hydroxyl groups excluding tert-OH is 1. The topological polar surface area (TPSA) is 129 Å². The quantitative estimate of drug-likeness (QED) is 0.320. The first-order valence-corrected chi connectivity index (χ1v) is 7.79. The Bertz CT molecular complexity index is 556. The molecule has 2 rings (SSSR count). The fourth-order valence-corrected chi connectivity index (χ4v) is 2.50. The van der Waals surface area contributed by atoms with E-state index in [4.69, 9.17) is 15.2 Å². The van der Waals surface area contributed by atoms with Crippen LogP contribution in [0.1, 0.15) is 25.3 Å². The minimum absolute atomic E-state index is 0.0339. The zero-order valence-corrected chi connectivity index (χ0v) is 13.5. The van der Waals surface area contributed by atoms with Crippen LogP contribution in [0.2, 0.25) is 0 Å². The minimum atomic E-state index is -0.873. The lowest BCUT2D eigenvalue weighted by molar-refractivity contribution is -0.758. The third-order valence-corrected chi connectivity index (χ3v) is 3.66. The van der Waals surface area contributed by atoms with E-state index in [1.165, 1.54) is 0 Å². The van der Waals surface area contributed by atoms with Gasteiger partial charge in [0.2, 0.25) is 6.79 Å². The van der Waals surface area contributed by atoms with E-state index < -0.39 is 17.4 Å². The van der Waals surface area contributed by atoms with E-state index >= 15 is 0 Å². The van der Waals surface area contributed by atoms with Gasteiger partial charge in [0.1, 0.15) is 12.8 Å². The van der Waals surface area contributed by atoms with E-state index in [0.29, 0.717) is 19.3 Å². The number of nitrogens with one attached hydrogen (secondary N) is 1. The van der Waals surface area contributed by atoms with Crippen molar-refractivity contribution in [3.05, 3.63) is 33.9 Å². The van der Waals surface area contributed by atoms with Gasteiger partial charge in [-0.05, 0) is 43.9 Å². The highest BCUT2D eigenvalue weighted by atomic mass is 16.9. The SMILES string of the molecule is C[C@H](Cc1ccc2c(c1)OCO2)NC(O)CCC(N)CO[N+](=O)[O-]. The summed E-state index contributed by atoms with van der Waals surface area (Å²) in [5.74, 6) is 1.47. The Morgan fingerprint density at radius 1 is 1.42 bits per heavy atom. The van der Waals surface area contributed by atoms with Crippen molar-refractivity contribution in [3.63, 3.8) is 0 Å². The number of ether oxygens (including phenoxy) is 2. The van der Waals surface area contributed by atoms with E-state index in [9.17, 15) is 15.2 Å². The van der Waals surface area contributed by atoms with Crippen LogP contribution in [0.3, 0.4) is 0 Å². The third-order valence-electron chi connectivity index (χ3n) is 3.66. The summed E-state index contributed by atoms with van der Waals surface area (Å²) in [4.78, 5) is 14.3. The predicted molar refractivity (Wildman–Crippen MR) is 85.0 cm³/mol. The Labute approximate surface area is 139 Å². The maximum atomic E-state index is 10.1. The van der Waals surface area contributed by atoms with Crippen molar-refractivity contribution < 1.29 is 24.5 Å². The van der Waals surface area contributed by atoms with Crippen molar-refractivity contribution in [2.24, 2.45) is 5.73 Å². The Morgan fingerprint density at radius 3 is 2.92 bits per heavy atom. The summed E-state index contributed by atoms with van der Waals surface area (Å²) in [5, 5.41) is 22.3. The fraction of sp³-hybridized carbons (Fsp3) is 0.600. The molecular formula is C15H23N3O6. The Hall–Kier alpha value is -2.10. The lowest BCUT2D eigenvalue weighted by Crippen LogP contribution is -2.39. The summed E-state index contributed by atoms with van der Waals surface area (Å²) < 4.78 is 10.6. The van der Waals surface area contributed by atoms with Crippen LogP contribution in [0, 0.1) is 10.1 Å². The average Bonchev–Trinajstić information content (AvgIpc) is 2.98. The van der Waals surface area contributed by atoms with Crippen molar-refractivity contribution in [1.82, 2.24) is 5.32 Å². The smallest absolute Gasteiger partial charge is 0.294 e. The molecule has 9 nitrogen and oxygen atoms in total. The summed E-state index contributed by atoms with van der Waals surface area (Å²) in [6, 6.07) is 5.30. The van der Waals surface area contributed by atoms with Crippen LogP contribution in [-0.2, 0) is 11.3 Å². The maximum absolute atomic E-state index is 10.1. The normalized spacial score (nSPS) is 16.5. The van der Waals surface area contributed by atoms with Gasteiger partial charge in [-0.3, -0.25) is 5.32 Å². The van der Waals surface area contributed by atoms with Crippen LogP contribution < -0.4 is 20.5 Å². The van der Waals surface area contributed by atoms with Crippen molar-refractivity contribution in [3.8, 4) is 11.5 Å². The van der Waals surface area contributed by atoms with Crippen molar-refractivity contribution >= 4 is 0 Å². The first kappa shape index (κ1) is 18.2. The van der Waals surface area contributed by atoms with E-state index in [1.54, 1.807) is 0 Å². The molecule has 0 bridgehead atoms. The van der Waals surface area contributed by atoms with Gasteiger partial charge in [-0.15, -0.1) is 10.1 Å². The number of hydrogen-bond donors (Lipinski definition) is 3. The van der Waals surface area contributed by atoms with Crippen molar-refractivity contribution in [1.29, 1.82) is 0 Å². The van der Waals surface area contributed by atoms with Crippen molar-refractivity contribution in [2.45, 2.75) is 44.5 Å². The van der Waals surface area contributed by atoms with Gasteiger partial charge in [-0.1, -0.05) is 6.07 Å². The van der Waals surface area contributed by atoms with E-state index in [2.05, 4.69) is 10.2 Å². The third kappa shape index (κ3) is 5.84. The molecule has 0 aromatic heterocycles. The second-order valence-corrected chi connectivity index (χ2v) is 5.83. The molecule has 0 spiro atoms. The molecule has 0 saturated carbocycles. The maximum Gasteiger partial charge on any atom is 0.294 e. The molecule has 1 aromatic rings. The Morgan fingerprint density at radius 2 is 2.17 bits per heavy atom. The molecule has 1 heterocycles. The van der Waals surface area contributed by atoms with E-state index in [1.807, 2.05) is 25.1 Å². The van der Waals surface area contributed by atoms with Gasteiger partial charge in [0.25, 0.3) is 5.09 Å². The molecule has 0 fully saturated rings. The van der Waals surface area contributed by atoms with Crippen LogP contribution in [0.25, 0.3) is 0 Å².